The second-order valence-electron chi connectivity index (χ2n) is 16.6. The Morgan fingerprint density at radius 2 is 0.739 bits per heavy atom. The van der Waals surface area contributed by atoms with Crippen molar-refractivity contribution < 1.29 is 48.3 Å². The highest BCUT2D eigenvalue weighted by molar-refractivity contribution is 6.24. The Bertz CT molecular complexity index is 3670. The predicted octanol–water partition coefficient (Wildman–Crippen LogP) is 17.2. The van der Waals surface area contributed by atoms with Crippen LogP contribution < -0.4 is 4.90 Å². The van der Waals surface area contributed by atoms with E-state index in [0.717, 1.165) is 46.4 Å². The summed E-state index contributed by atoms with van der Waals surface area (Å²) in [6.07, 6.45) is -6.00. The molecule has 0 aliphatic heterocycles. The summed E-state index contributed by atoms with van der Waals surface area (Å²) in [6, 6.07) is 43.6. The molecule has 69 heavy (non-hydrogen) atoms. The van der Waals surface area contributed by atoms with E-state index in [9.17, 15) is 13.2 Å². The highest BCUT2D eigenvalue weighted by Gasteiger charge is 2.37. The fourth-order valence-electron chi connectivity index (χ4n) is 9.42. The first-order chi connectivity index (χ1) is 33.2. The summed E-state index contributed by atoms with van der Waals surface area (Å²) in [7, 11) is 0. The van der Waals surface area contributed by atoms with Gasteiger partial charge in [0.2, 0.25) is 0 Å². The molecule has 2 nitrogen and oxygen atoms in total. The molecule has 9 aromatic carbocycles. The molecule has 0 bridgehead atoms. The molecule has 0 spiro atoms. The van der Waals surface area contributed by atoms with Crippen LogP contribution in [0.1, 0.15) is 5.56 Å². The third-order valence-electron chi connectivity index (χ3n) is 12.5. The van der Waals surface area contributed by atoms with Crippen molar-refractivity contribution >= 4 is 55.2 Å². The number of hydrogen-bond donors (Lipinski definition) is 0. The lowest BCUT2D eigenvalue weighted by molar-refractivity contribution is -0.127. The van der Waals surface area contributed by atoms with E-state index in [2.05, 4.69) is 0 Å². The molecule has 0 amide bonds. The van der Waals surface area contributed by atoms with Gasteiger partial charge in [0.25, 0.3) is 0 Å². The molecule has 0 N–H and O–H groups in total. The summed E-state index contributed by atoms with van der Waals surface area (Å²) < 4.78 is 174. The van der Waals surface area contributed by atoms with Gasteiger partial charge in [-0.2, -0.15) is 13.2 Å². The lowest BCUT2D eigenvalue weighted by Gasteiger charge is -2.27. The molecule has 11 aromatic rings. The number of rotatable bonds is 8. The fourth-order valence-corrected chi connectivity index (χ4v) is 9.42. The first-order valence-electron chi connectivity index (χ1n) is 21.3. The molecule has 0 saturated heterocycles. The number of aromatic nitrogens is 1. The van der Waals surface area contributed by atoms with Crippen molar-refractivity contribution in [3.8, 4) is 44.5 Å². The molecule has 0 aliphatic rings. The number of alkyl halides is 3. The molecule has 340 valence electrons. The normalized spacial score (nSPS) is 12.0. The zero-order valence-corrected chi connectivity index (χ0v) is 35.3. The summed E-state index contributed by atoms with van der Waals surface area (Å²) >= 11 is 0. The minimum atomic E-state index is -4.63. The van der Waals surface area contributed by atoms with Crippen LogP contribution in [0.15, 0.2) is 164 Å². The average molecular weight is 939 g/mol. The van der Waals surface area contributed by atoms with Crippen molar-refractivity contribution in [2.75, 3.05) is 4.90 Å². The van der Waals surface area contributed by atoms with Crippen molar-refractivity contribution in [2.24, 2.45) is 0 Å². The number of fused-ring (bicyclic) bond motifs is 6. The molecule has 11 rings (SSSR count). The van der Waals surface area contributed by atoms with Crippen LogP contribution in [-0.4, -0.2) is 10.6 Å². The van der Waals surface area contributed by atoms with Gasteiger partial charge in [-0.1, -0.05) is 115 Å². The van der Waals surface area contributed by atoms with Crippen LogP contribution in [0, 0.1) is 46.5 Å². The second kappa shape index (κ2) is 16.3. The van der Waals surface area contributed by atoms with E-state index >= 15 is 35.1 Å². The van der Waals surface area contributed by atoms with Gasteiger partial charge in [-0.25, -0.2) is 35.1 Å². The number of benzene rings is 9. The molecule has 0 fully saturated rings. The summed E-state index contributed by atoms with van der Waals surface area (Å²) in [5.41, 5.74) is -2.57. The monoisotopic (exact) mass is 938 g/mol. The molecule has 0 saturated carbocycles. The number of para-hydroxylation sites is 2. The van der Waals surface area contributed by atoms with Crippen molar-refractivity contribution in [3.63, 3.8) is 0 Å². The Labute approximate surface area is 384 Å². The van der Waals surface area contributed by atoms with Gasteiger partial charge in [-0.15, -0.1) is 0 Å². The second-order valence-corrected chi connectivity index (χ2v) is 16.6. The molecular formula is C56H29F11N2. The van der Waals surface area contributed by atoms with E-state index in [4.69, 9.17) is 0 Å². The van der Waals surface area contributed by atoms with Crippen molar-refractivity contribution in [2.45, 2.75) is 12.6 Å². The number of hydrogen-bond acceptors (Lipinski definition) is 1. The molecule has 0 radical (unpaired) electrons. The predicted molar refractivity (Wildman–Crippen MR) is 247 cm³/mol. The molecule has 0 aliphatic carbocycles. The first-order valence-corrected chi connectivity index (χ1v) is 21.3. The standard InChI is InChI=1S/C56H29F11N2/c57-46-43(34-26-39-37-10-4-6-12-41(37)69-42-13-7-5-11-38(42)40(27-34)54(39)69)47(58)49(60)44(48(46)59)45-50(61)52(63)55(53(64)51(45)62)68(35-22-14-29(15-23-35)28-56(65,66)67)36-24-20-33(21-25-36)32-18-16-31(17-19-32)30-8-2-1-3-9-30/h1-27H,28H2. The number of nitrogens with zero attached hydrogens (tertiary/aromatic N) is 2. The smallest absolute Gasteiger partial charge is 0.308 e. The van der Waals surface area contributed by atoms with Crippen LogP contribution in [0.25, 0.3) is 82.6 Å². The van der Waals surface area contributed by atoms with Crippen molar-refractivity contribution in [1.82, 2.24) is 4.40 Å². The minimum absolute atomic E-state index is 0.155. The zero-order chi connectivity index (χ0) is 48.0. The average Bonchev–Trinajstić information content (AvgIpc) is 3.87. The van der Waals surface area contributed by atoms with E-state index in [1.54, 1.807) is 36.4 Å². The quantitative estimate of drug-likeness (QED) is 0.109. The van der Waals surface area contributed by atoms with E-state index in [0.29, 0.717) is 43.1 Å². The molecule has 2 aromatic heterocycles. The largest absolute Gasteiger partial charge is 0.393 e. The van der Waals surface area contributed by atoms with Gasteiger partial charge < -0.3 is 9.30 Å². The minimum Gasteiger partial charge on any atom is -0.308 e. The van der Waals surface area contributed by atoms with E-state index < -0.39 is 81.5 Å². The van der Waals surface area contributed by atoms with Crippen LogP contribution >= 0.6 is 0 Å². The number of halogens is 11. The Hall–Kier alpha value is -8.19. The van der Waals surface area contributed by atoms with Crippen molar-refractivity contribution in [3.05, 3.63) is 216 Å². The van der Waals surface area contributed by atoms with Gasteiger partial charge in [0.05, 0.1) is 39.7 Å². The van der Waals surface area contributed by atoms with Gasteiger partial charge in [0.15, 0.2) is 46.5 Å². The van der Waals surface area contributed by atoms with Crippen LogP contribution in [0.4, 0.5) is 65.4 Å². The summed E-state index contributed by atoms with van der Waals surface area (Å²) in [6.45, 7) is 0. The summed E-state index contributed by atoms with van der Waals surface area (Å²) in [4.78, 5) is 0.659. The van der Waals surface area contributed by atoms with Crippen LogP contribution in [-0.2, 0) is 6.42 Å². The van der Waals surface area contributed by atoms with Gasteiger partial charge in [-0.05, 0) is 81.9 Å². The third-order valence-corrected chi connectivity index (χ3v) is 12.5. The Morgan fingerprint density at radius 3 is 1.20 bits per heavy atom. The van der Waals surface area contributed by atoms with Gasteiger partial charge in [0.1, 0.15) is 5.69 Å². The molecule has 0 atom stereocenters. The third kappa shape index (κ3) is 7.01. The van der Waals surface area contributed by atoms with Crippen molar-refractivity contribution in [1.29, 1.82) is 0 Å². The highest BCUT2D eigenvalue weighted by Crippen LogP contribution is 2.48. The van der Waals surface area contributed by atoms with E-state index in [-0.39, 0.29) is 22.5 Å². The maximum Gasteiger partial charge on any atom is 0.393 e. The van der Waals surface area contributed by atoms with Gasteiger partial charge in [0, 0.05) is 32.9 Å². The Morgan fingerprint density at radius 1 is 0.362 bits per heavy atom. The number of anilines is 3. The van der Waals surface area contributed by atoms with Gasteiger partial charge >= 0.3 is 6.18 Å². The molecular weight excluding hydrogens is 910 g/mol. The topological polar surface area (TPSA) is 7.65 Å². The summed E-state index contributed by atoms with van der Waals surface area (Å²) in [5, 5.41) is 2.24. The Kier molecular flexibility index (Phi) is 10.2. The molecule has 2 heterocycles. The Balaban J connectivity index is 1.04. The van der Waals surface area contributed by atoms with Gasteiger partial charge in [-0.3, -0.25) is 0 Å². The molecule has 0 unspecified atom stereocenters. The lowest BCUT2D eigenvalue weighted by Crippen LogP contribution is -2.17. The highest BCUT2D eigenvalue weighted by atomic mass is 19.4. The fraction of sp³-hybridized carbons (Fsp3) is 0.0357. The first kappa shape index (κ1) is 43.4. The van der Waals surface area contributed by atoms with Crippen LogP contribution in [0.2, 0.25) is 0 Å². The zero-order valence-electron chi connectivity index (χ0n) is 35.3. The maximum atomic E-state index is 16.7. The lowest BCUT2D eigenvalue weighted by atomic mass is 9.94. The summed E-state index contributed by atoms with van der Waals surface area (Å²) in [5.74, 6) is -18.2. The van der Waals surface area contributed by atoms with E-state index in [1.165, 1.54) is 36.4 Å². The van der Waals surface area contributed by atoms with Crippen LogP contribution in [0.3, 0.4) is 0 Å². The SMILES string of the molecule is Fc1c(F)c(-c2c(F)c(F)c(N(c3ccc(CC(F)(F)F)cc3)c3ccc(-c4ccc(-c5ccccc5)cc4)cc3)c(F)c2F)c(F)c(F)c1-c1cc2c3ccccc3n3c4ccccc4c(c1)c23. The van der Waals surface area contributed by atoms with E-state index in [1.807, 2.05) is 71.1 Å². The molecule has 13 heteroatoms. The van der Waals surface area contributed by atoms with Crippen LogP contribution in [0.5, 0.6) is 0 Å². The maximum absolute atomic E-state index is 16.7.